The van der Waals surface area contributed by atoms with Crippen molar-refractivity contribution in [2.24, 2.45) is 4.40 Å². The number of rotatable bonds is 4. The van der Waals surface area contributed by atoms with Gasteiger partial charge in [-0.25, -0.2) is 4.21 Å². The maximum Gasteiger partial charge on any atom is 0.418 e. The van der Waals surface area contributed by atoms with Gasteiger partial charge in [-0.15, -0.1) is 4.40 Å². The number of hydrogen-bond donors (Lipinski definition) is 0. The molecule has 20 heavy (non-hydrogen) atoms. The second-order valence-electron chi connectivity index (χ2n) is 4.48. The molecule has 0 amide bonds. The SMILES string of the molecule is Cc1cccc(S(=O)(=[OH+])N=CN(C)c2ccccc2)c1. The van der Waals surface area contributed by atoms with E-state index in [1.165, 1.54) is 6.34 Å². The highest BCUT2D eigenvalue weighted by molar-refractivity contribution is 7.90. The summed E-state index contributed by atoms with van der Waals surface area (Å²) < 4.78 is 26.0. The van der Waals surface area contributed by atoms with Crippen LogP contribution < -0.4 is 4.90 Å². The van der Waals surface area contributed by atoms with E-state index in [4.69, 9.17) is 0 Å². The van der Waals surface area contributed by atoms with Crippen molar-refractivity contribution in [1.29, 1.82) is 0 Å². The van der Waals surface area contributed by atoms with Crippen molar-refractivity contribution in [1.82, 2.24) is 0 Å². The van der Waals surface area contributed by atoms with Crippen LogP contribution in [0.15, 0.2) is 63.9 Å². The lowest BCUT2D eigenvalue weighted by Crippen LogP contribution is -2.15. The number of hydrogen-bond acceptors (Lipinski definition) is 1. The van der Waals surface area contributed by atoms with Crippen LogP contribution in [0.4, 0.5) is 5.69 Å². The van der Waals surface area contributed by atoms with Gasteiger partial charge in [-0.05, 0) is 36.8 Å². The van der Waals surface area contributed by atoms with Crippen molar-refractivity contribution in [2.75, 3.05) is 11.9 Å². The van der Waals surface area contributed by atoms with Gasteiger partial charge in [-0.1, -0.05) is 30.3 Å². The van der Waals surface area contributed by atoms with E-state index in [9.17, 15) is 8.42 Å². The highest BCUT2D eigenvalue weighted by Gasteiger charge is 2.18. The number of aryl methyl sites for hydroxylation is 1. The fraction of sp³-hybridized carbons (Fsp3) is 0.133. The van der Waals surface area contributed by atoms with Crippen molar-refractivity contribution in [3.05, 3.63) is 60.2 Å². The summed E-state index contributed by atoms with van der Waals surface area (Å²) in [5.41, 5.74) is 1.83. The van der Waals surface area contributed by atoms with E-state index in [1.807, 2.05) is 43.3 Å². The molecule has 0 bridgehead atoms. The highest BCUT2D eigenvalue weighted by atomic mass is 32.2. The summed E-state index contributed by atoms with van der Waals surface area (Å²) in [4.78, 5) is 2.02. The first-order valence-electron chi connectivity index (χ1n) is 6.16. The van der Waals surface area contributed by atoms with Gasteiger partial charge in [-0.3, -0.25) is 0 Å². The Bertz CT molecular complexity index is 710. The first-order valence-corrected chi connectivity index (χ1v) is 7.63. The average molecular weight is 289 g/mol. The summed E-state index contributed by atoms with van der Waals surface area (Å²) >= 11 is 0. The lowest BCUT2D eigenvalue weighted by Gasteiger charge is -2.11. The second kappa shape index (κ2) is 5.88. The van der Waals surface area contributed by atoms with Gasteiger partial charge in [0, 0.05) is 12.7 Å². The van der Waals surface area contributed by atoms with Crippen molar-refractivity contribution in [3.63, 3.8) is 0 Å². The molecule has 0 radical (unpaired) electrons. The largest absolute Gasteiger partial charge is 0.418 e. The predicted octanol–water partition coefficient (Wildman–Crippen LogP) is 3.01. The van der Waals surface area contributed by atoms with Crippen molar-refractivity contribution < 1.29 is 8.42 Å². The summed E-state index contributed by atoms with van der Waals surface area (Å²) in [6, 6.07) is 16.4. The lowest BCUT2D eigenvalue weighted by atomic mass is 10.2. The van der Waals surface area contributed by atoms with E-state index < -0.39 is 10.0 Å². The summed E-state index contributed by atoms with van der Waals surface area (Å²) in [5.74, 6) is 0. The maximum atomic E-state index is 12.2. The minimum absolute atomic E-state index is 0.315. The third-order valence-electron chi connectivity index (χ3n) is 2.82. The summed E-state index contributed by atoms with van der Waals surface area (Å²) in [7, 11) is -1.63. The molecule has 5 heteroatoms. The zero-order valence-corrected chi connectivity index (χ0v) is 12.2. The molecule has 2 aromatic carbocycles. The Hall–Kier alpha value is -2.14. The normalized spacial score (nSPS) is 14.1. The van der Waals surface area contributed by atoms with Crippen LogP contribution >= 0.6 is 0 Å². The van der Waals surface area contributed by atoms with Gasteiger partial charge in [-0.2, -0.15) is 4.21 Å². The van der Waals surface area contributed by atoms with E-state index in [2.05, 4.69) is 4.40 Å². The van der Waals surface area contributed by atoms with E-state index in [0.29, 0.717) is 4.90 Å². The van der Waals surface area contributed by atoms with Crippen LogP contribution in [-0.2, 0) is 10.0 Å². The fourth-order valence-corrected chi connectivity index (χ4v) is 2.69. The van der Waals surface area contributed by atoms with Gasteiger partial charge in [0.25, 0.3) is 0 Å². The van der Waals surface area contributed by atoms with Crippen LogP contribution in [-0.4, -0.2) is 21.8 Å². The van der Waals surface area contributed by atoms with Crippen LogP contribution in [0.1, 0.15) is 5.56 Å². The maximum absolute atomic E-state index is 12.2. The molecule has 1 N–H and O–H groups in total. The van der Waals surface area contributed by atoms with E-state index in [0.717, 1.165) is 11.3 Å². The van der Waals surface area contributed by atoms with E-state index in [-0.39, 0.29) is 0 Å². The number of anilines is 1. The molecule has 1 atom stereocenters. The number of benzene rings is 2. The Morgan fingerprint density at radius 1 is 1.15 bits per heavy atom. The van der Waals surface area contributed by atoms with Crippen LogP contribution in [0.2, 0.25) is 0 Å². The highest BCUT2D eigenvalue weighted by Crippen LogP contribution is 2.14. The zero-order valence-electron chi connectivity index (χ0n) is 11.4. The third-order valence-corrected chi connectivity index (χ3v) is 4.07. The van der Waals surface area contributed by atoms with Crippen LogP contribution in [0.25, 0.3) is 0 Å². The average Bonchev–Trinajstić information content (AvgIpc) is 2.46. The number of para-hydroxylation sites is 1. The van der Waals surface area contributed by atoms with Crippen LogP contribution in [0, 0.1) is 6.92 Å². The standard InChI is InChI=1S/C15H16N2O2S/c1-13-7-6-10-15(11-13)20(18,19)16-12-17(2)14-8-4-3-5-9-14/h3-12H,1-2H3/p+1. The Kier molecular flexibility index (Phi) is 4.20. The van der Waals surface area contributed by atoms with Gasteiger partial charge >= 0.3 is 10.0 Å². The van der Waals surface area contributed by atoms with Crippen molar-refractivity contribution >= 4 is 22.0 Å². The molecule has 2 aromatic rings. The Labute approximate surface area is 119 Å². The minimum Gasteiger partial charge on any atom is -0.335 e. The molecule has 2 rings (SSSR count). The second-order valence-corrected chi connectivity index (χ2v) is 6.16. The first kappa shape index (κ1) is 14.3. The van der Waals surface area contributed by atoms with Crippen LogP contribution in [0.3, 0.4) is 0 Å². The summed E-state index contributed by atoms with van der Waals surface area (Å²) in [5, 5.41) is 0. The lowest BCUT2D eigenvalue weighted by molar-refractivity contribution is 0.617. The predicted molar refractivity (Wildman–Crippen MR) is 82.9 cm³/mol. The minimum atomic E-state index is -3.41. The summed E-state index contributed by atoms with van der Waals surface area (Å²) in [6.07, 6.45) is 1.38. The third kappa shape index (κ3) is 3.45. The Morgan fingerprint density at radius 3 is 2.50 bits per heavy atom. The van der Waals surface area contributed by atoms with Gasteiger partial charge < -0.3 is 4.90 Å². The smallest absolute Gasteiger partial charge is 0.335 e. The van der Waals surface area contributed by atoms with Gasteiger partial charge in [0.15, 0.2) is 0 Å². The Balaban J connectivity index is 2.22. The molecule has 0 heterocycles. The molecule has 0 saturated heterocycles. The van der Waals surface area contributed by atoms with E-state index >= 15 is 0 Å². The molecule has 0 spiro atoms. The van der Waals surface area contributed by atoms with Gasteiger partial charge in [0.2, 0.25) is 0 Å². The summed E-state index contributed by atoms with van der Waals surface area (Å²) in [6.45, 7) is 1.87. The van der Waals surface area contributed by atoms with Gasteiger partial charge in [0.05, 0.1) is 0 Å². The first-order chi connectivity index (χ1) is 9.49. The van der Waals surface area contributed by atoms with Crippen LogP contribution in [0.5, 0.6) is 0 Å². The van der Waals surface area contributed by atoms with Crippen molar-refractivity contribution in [3.8, 4) is 0 Å². The molecule has 0 saturated carbocycles. The molecule has 0 fully saturated rings. The molecule has 4 nitrogen and oxygen atoms in total. The molecule has 1 unspecified atom stereocenters. The Morgan fingerprint density at radius 2 is 1.85 bits per heavy atom. The molecule has 0 aromatic heterocycles. The fourth-order valence-electron chi connectivity index (χ4n) is 1.71. The molecule has 0 aliphatic carbocycles. The molecule has 104 valence electrons. The topological polar surface area (TPSA) is 54.1 Å². The zero-order chi connectivity index (χ0) is 14.6. The molecular formula is C15H17N2O2S+. The van der Waals surface area contributed by atoms with Gasteiger partial charge in [0.1, 0.15) is 11.2 Å². The van der Waals surface area contributed by atoms with Crippen molar-refractivity contribution in [2.45, 2.75) is 11.8 Å². The molecule has 0 aliphatic heterocycles. The van der Waals surface area contributed by atoms with E-state index in [1.54, 1.807) is 30.1 Å². The monoisotopic (exact) mass is 289 g/mol. The quantitative estimate of drug-likeness (QED) is 0.493. The number of nitrogens with zero attached hydrogens (tertiary/aromatic N) is 2. The molecule has 0 aliphatic rings. The molecular weight excluding hydrogens is 272 g/mol.